The molecule has 0 aromatic carbocycles. The predicted octanol–water partition coefficient (Wildman–Crippen LogP) is 2.06. The Balaban J connectivity index is 2.08. The quantitative estimate of drug-likeness (QED) is 0.871. The summed E-state index contributed by atoms with van der Waals surface area (Å²) < 4.78 is 4.98. The Hall–Kier alpha value is -1.45. The topological polar surface area (TPSA) is 75.0 Å². The van der Waals surface area contributed by atoms with Crippen LogP contribution in [0, 0.1) is 24.2 Å². The molecular weight excluding hydrogens is 274 g/mol. The lowest BCUT2D eigenvalue weighted by atomic mass is 10.1. The van der Waals surface area contributed by atoms with Crippen molar-refractivity contribution in [2.24, 2.45) is 5.92 Å². The average molecular weight is 293 g/mol. The third-order valence-corrected chi connectivity index (χ3v) is 4.46. The van der Waals surface area contributed by atoms with Crippen LogP contribution in [0.2, 0.25) is 0 Å². The molecule has 0 spiro atoms. The minimum Gasteiger partial charge on any atom is -0.381 e. The molecule has 1 N–H and O–H groups in total. The first-order valence-corrected chi connectivity index (χ1v) is 7.48. The highest BCUT2D eigenvalue weighted by Crippen LogP contribution is 2.34. The van der Waals surface area contributed by atoms with Gasteiger partial charge in [0.1, 0.15) is 10.4 Å². The highest BCUT2D eigenvalue weighted by molar-refractivity contribution is 7.13. The maximum atomic E-state index is 12.3. The Kier molecular flexibility index (Phi) is 4.41. The number of carbonyl (C=O) groups excluding carboxylic acids is 1. The third kappa shape index (κ3) is 3.56. The van der Waals surface area contributed by atoms with Crippen molar-refractivity contribution in [2.75, 3.05) is 13.7 Å². The van der Waals surface area contributed by atoms with Crippen molar-refractivity contribution >= 4 is 17.2 Å². The largest absolute Gasteiger partial charge is 0.381 e. The van der Waals surface area contributed by atoms with Gasteiger partial charge in [-0.2, -0.15) is 5.26 Å². The van der Waals surface area contributed by atoms with E-state index in [0.29, 0.717) is 4.88 Å². The van der Waals surface area contributed by atoms with E-state index in [0.717, 1.165) is 23.0 Å². The van der Waals surface area contributed by atoms with Crippen molar-refractivity contribution in [3.05, 3.63) is 15.6 Å². The zero-order valence-corrected chi connectivity index (χ0v) is 12.8. The van der Waals surface area contributed by atoms with Crippen LogP contribution < -0.4 is 5.32 Å². The predicted molar refractivity (Wildman–Crippen MR) is 76.6 cm³/mol. The molecule has 5 nitrogen and oxygen atoms in total. The van der Waals surface area contributed by atoms with E-state index in [1.54, 1.807) is 6.92 Å². The van der Waals surface area contributed by atoms with Gasteiger partial charge in [0.25, 0.3) is 5.91 Å². The Morgan fingerprint density at radius 1 is 1.65 bits per heavy atom. The first kappa shape index (κ1) is 14.9. The summed E-state index contributed by atoms with van der Waals surface area (Å²) in [6, 6.07) is 2.08. The molecule has 1 saturated carbocycles. The summed E-state index contributed by atoms with van der Waals surface area (Å²) in [5, 5.41) is 12.9. The van der Waals surface area contributed by atoms with Crippen molar-refractivity contribution in [3.8, 4) is 6.07 Å². The molecule has 1 unspecified atom stereocenters. The van der Waals surface area contributed by atoms with Crippen LogP contribution in [0.3, 0.4) is 0 Å². The average Bonchev–Trinajstić information content (AvgIpc) is 3.11. The molecule has 6 heteroatoms. The fourth-order valence-electron chi connectivity index (χ4n) is 2.01. The number of hydrogen-bond donors (Lipinski definition) is 1. The number of nitrogens with one attached hydrogen (secondary N) is 1. The number of rotatable bonds is 6. The second-order valence-electron chi connectivity index (χ2n) is 5.50. The summed E-state index contributed by atoms with van der Waals surface area (Å²) in [7, 11) is 1.51. The highest BCUT2D eigenvalue weighted by atomic mass is 32.1. The van der Waals surface area contributed by atoms with Crippen LogP contribution in [-0.4, -0.2) is 30.1 Å². The van der Waals surface area contributed by atoms with Crippen molar-refractivity contribution in [2.45, 2.75) is 38.6 Å². The Morgan fingerprint density at radius 2 is 2.35 bits per heavy atom. The number of amides is 1. The first-order valence-electron chi connectivity index (χ1n) is 6.66. The number of methoxy groups -OCH3 is 1. The fraction of sp³-hybridized carbons (Fsp3) is 0.643. The van der Waals surface area contributed by atoms with Gasteiger partial charge >= 0.3 is 0 Å². The van der Waals surface area contributed by atoms with Gasteiger partial charge in [-0.3, -0.25) is 4.79 Å². The lowest BCUT2D eigenvalue weighted by Crippen LogP contribution is -2.48. The van der Waals surface area contributed by atoms with Crippen LogP contribution in [0.4, 0.5) is 0 Å². The van der Waals surface area contributed by atoms with Crippen LogP contribution in [0.1, 0.15) is 40.1 Å². The monoisotopic (exact) mass is 293 g/mol. The minimum atomic E-state index is -1.01. The summed E-state index contributed by atoms with van der Waals surface area (Å²) in [6.07, 6.45) is 3.49. The van der Waals surface area contributed by atoms with Crippen LogP contribution in [-0.2, 0) is 11.2 Å². The molecule has 1 heterocycles. The SMILES string of the molecule is COCC(C)(C#N)NC(=O)c1sc(CC2CC2)nc1C. The number of ether oxygens (including phenoxy) is 1. The van der Waals surface area contributed by atoms with Crippen LogP contribution in [0.25, 0.3) is 0 Å². The first-order chi connectivity index (χ1) is 9.47. The Morgan fingerprint density at radius 3 is 2.90 bits per heavy atom. The molecule has 20 heavy (non-hydrogen) atoms. The molecule has 1 amide bonds. The molecule has 1 aliphatic carbocycles. The zero-order chi connectivity index (χ0) is 14.8. The molecule has 0 saturated heterocycles. The maximum Gasteiger partial charge on any atom is 0.264 e. The molecule has 1 aliphatic rings. The van der Waals surface area contributed by atoms with E-state index in [1.807, 2.05) is 6.92 Å². The molecular formula is C14H19N3O2S. The molecule has 1 aromatic rings. The lowest BCUT2D eigenvalue weighted by Gasteiger charge is -2.21. The summed E-state index contributed by atoms with van der Waals surface area (Å²) in [6.45, 7) is 3.64. The van der Waals surface area contributed by atoms with E-state index in [4.69, 9.17) is 10.00 Å². The number of hydrogen-bond acceptors (Lipinski definition) is 5. The number of carbonyl (C=O) groups is 1. The van der Waals surface area contributed by atoms with Crippen molar-refractivity contribution < 1.29 is 9.53 Å². The maximum absolute atomic E-state index is 12.3. The van der Waals surface area contributed by atoms with Gasteiger partial charge in [-0.25, -0.2) is 4.98 Å². The minimum absolute atomic E-state index is 0.155. The van der Waals surface area contributed by atoms with E-state index >= 15 is 0 Å². The summed E-state index contributed by atoms with van der Waals surface area (Å²) in [4.78, 5) is 17.3. The van der Waals surface area contributed by atoms with E-state index < -0.39 is 5.54 Å². The second-order valence-corrected chi connectivity index (χ2v) is 6.58. The van der Waals surface area contributed by atoms with Crippen molar-refractivity contribution in [3.63, 3.8) is 0 Å². The Bertz CT molecular complexity index is 545. The van der Waals surface area contributed by atoms with Gasteiger partial charge in [-0.1, -0.05) is 0 Å². The molecule has 0 aliphatic heterocycles. The van der Waals surface area contributed by atoms with Gasteiger partial charge in [0, 0.05) is 13.5 Å². The van der Waals surface area contributed by atoms with Crippen molar-refractivity contribution in [1.29, 1.82) is 5.26 Å². The van der Waals surface area contributed by atoms with Crippen LogP contribution in [0.15, 0.2) is 0 Å². The van der Waals surface area contributed by atoms with Gasteiger partial charge in [-0.15, -0.1) is 11.3 Å². The number of aryl methyl sites for hydroxylation is 1. The van der Waals surface area contributed by atoms with E-state index in [-0.39, 0.29) is 12.5 Å². The van der Waals surface area contributed by atoms with Gasteiger partial charge in [-0.05, 0) is 32.6 Å². The molecule has 1 fully saturated rings. The fourth-order valence-corrected chi connectivity index (χ4v) is 3.09. The van der Waals surface area contributed by atoms with Gasteiger partial charge < -0.3 is 10.1 Å². The standard InChI is InChI=1S/C14H19N3O2S/c1-9-12(20-11(16-9)6-10-4-5-10)13(18)17-14(2,7-15)8-19-3/h10H,4-6,8H2,1-3H3,(H,17,18). The number of aromatic nitrogens is 1. The summed E-state index contributed by atoms with van der Waals surface area (Å²) >= 11 is 1.43. The van der Waals surface area contributed by atoms with Crippen LogP contribution >= 0.6 is 11.3 Å². The van der Waals surface area contributed by atoms with Gasteiger partial charge in [0.2, 0.25) is 0 Å². The number of nitriles is 1. The zero-order valence-electron chi connectivity index (χ0n) is 12.0. The van der Waals surface area contributed by atoms with Crippen LogP contribution in [0.5, 0.6) is 0 Å². The normalized spacial score (nSPS) is 17.3. The van der Waals surface area contributed by atoms with Gasteiger partial charge in [0.05, 0.1) is 23.4 Å². The summed E-state index contributed by atoms with van der Waals surface area (Å²) in [5.41, 5.74) is -0.278. The molecule has 2 rings (SSSR count). The number of thiazole rings is 1. The van der Waals surface area contributed by atoms with E-state index in [2.05, 4.69) is 16.4 Å². The Labute approximate surface area is 123 Å². The molecule has 1 aromatic heterocycles. The van der Waals surface area contributed by atoms with E-state index in [9.17, 15) is 4.79 Å². The second kappa shape index (κ2) is 5.90. The third-order valence-electron chi connectivity index (χ3n) is 3.28. The van der Waals surface area contributed by atoms with Crippen molar-refractivity contribution in [1.82, 2.24) is 10.3 Å². The molecule has 1 atom stereocenters. The molecule has 0 radical (unpaired) electrons. The molecule has 0 bridgehead atoms. The lowest BCUT2D eigenvalue weighted by molar-refractivity contribution is 0.0863. The number of nitrogens with zero attached hydrogens (tertiary/aromatic N) is 2. The summed E-state index contributed by atoms with van der Waals surface area (Å²) in [5.74, 6) is 0.498. The smallest absolute Gasteiger partial charge is 0.264 e. The highest BCUT2D eigenvalue weighted by Gasteiger charge is 2.29. The molecule has 108 valence electrons. The van der Waals surface area contributed by atoms with Gasteiger partial charge in [0.15, 0.2) is 0 Å². The van der Waals surface area contributed by atoms with E-state index in [1.165, 1.54) is 31.3 Å².